The van der Waals surface area contributed by atoms with Gasteiger partial charge in [0.25, 0.3) is 0 Å². The van der Waals surface area contributed by atoms with Gasteiger partial charge in [-0.2, -0.15) is 5.10 Å². The fourth-order valence-electron chi connectivity index (χ4n) is 5.47. The standard InChI is InChI=1S/C26H29N7O3S/c1-6-26(4,5)16-7-9-18-20(11-16)37-25-21(18)24-28-23(30-32(24)13-27-25)19-10-8-17(36-19)12-31-15(3)22(33(34)35)14(2)29-31/h8,10,13,16H,6-7,9,11-12H2,1-5H3. The number of hydrogen-bond donors (Lipinski definition) is 0. The lowest BCUT2D eigenvalue weighted by molar-refractivity contribution is -0.386. The Bertz CT molecular complexity index is 1670. The van der Waals surface area contributed by atoms with E-state index in [0.29, 0.717) is 40.1 Å². The summed E-state index contributed by atoms with van der Waals surface area (Å²) >= 11 is 1.79. The lowest BCUT2D eigenvalue weighted by atomic mass is 9.70. The van der Waals surface area contributed by atoms with Crippen LogP contribution in [0.1, 0.15) is 61.2 Å². The molecule has 11 heteroatoms. The van der Waals surface area contributed by atoms with Gasteiger partial charge in [0.05, 0.1) is 16.9 Å². The molecule has 0 aromatic carbocycles. The van der Waals surface area contributed by atoms with Gasteiger partial charge in [-0.25, -0.2) is 14.5 Å². The second-order valence-corrected chi connectivity index (χ2v) is 11.7. The predicted octanol–water partition coefficient (Wildman–Crippen LogP) is 5.91. The number of nitrogens with zero attached hydrogens (tertiary/aromatic N) is 7. The minimum atomic E-state index is -0.398. The SMILES string of the molecule is CCC(C)(C)C1CCc2c(sc3ncn4nc(-c5ccc(Cn6nc(C)c([N+](=O)[O-])c6C)o5)nc4c23)C1. The van der Waals surface area contributed by atoms with Gasteiger partial charge in [0, 0.05) is 4.88 Å². The fourth-order valence-corrected chi connectivity index (χ4v) is 6.73. The van der Waals surface area contributed by atoms with E-state index in [1.165, 1.54) is 23.3 Å². The number of aromatic nitrogens is 6. The molecule has 0 radical (unpaired) electrons. The molecule has 6 rings (SSSR count). The van der Waals surface area contributed by atoms with Crippen LogP contribution in [0.2, 0.25) is 0 Å². The van der Waals surface area contributed by atoms with Crippen molar-refractivity contribution in [3.05, 3.63) is 56.2 Å². The largest absolute Gasteiger partial charge is 0.456 e. The summed E-state index contributed by atoms with van der Waals surface area (Å²) in [5.74, 6) is 2.32. The summed E-state index contributed by atoms with van der Waals surface area (Å²) in [4.78, 5) is 22.9. The van der Waals surface area contributed by atoms with Crippen molar-refractivity contribution in [1.29, 1.82) is 0 Å². The maximum Gasteiger partial charge on any atom is 0.312 e. The number of hydrogen-bond acceptors (Lipinski definition) is 8. The number of thiophene rings is 1. The second-order valence-electron chi connectivity index (χ2n) is 10.6. The zero-order valence-corrected chi connectivity index (χ0v) is 22.4. The first-order valence-corrected chi connectivity index (χ1v) is 13.4. The van der Waals surface area contributed by atoms with E-state index in [1.54, 1.807) is 40.7 Å². The van der Waals surface area contributed by atoms with Crippen molar-refractivity contribution < 1.29 is 9.34 Å². The predicted molar refractivity (Wildman–Crippen MR) is 141 cm³/mol. The van der Waals surface area contributed by atoms with E-state index in [0.717, 1.165) is 28.7 Å². The summed E-state index contributed by atoms with van der Waals surface area (Å²) < 4.78 is 9.38. The third-order valence-corrected chi connectivity index (χ3v) is 9.28. The Morgan fingerprint density at radius 2 is 2.08 bits per heavy atom. The Kier molecular flexibility index (Phi) is 5.45. The molecule has 37 heavy (non-hydrogen) atoms. The van der Waals surface area contributed by atoms with Crippen molar-refractivity contribution >= 4 is 32.9 Å². The lowest BCUT2D eigenvalue weighted by Crippen LogP contribution is -2.28. The van der Waals surface area contributed by atoms with Crippen LogP contribution >= 0.6 is 11.3 Å². The molecule has 0 saturated heterocycles. The smallest absolute Gasteiger partial charge is 0.312 e. The van der Waals surface area contributed by atoms with Crippen LogP contribution in [-0.4, -0.2) is 34.3 Å². The summed E-state index contributed by atoms with van der Waals surface area (Å²) in [6, 6.07) is 3.66. The average Bonchev–Trinajstić information content (AvgIpc) is 3.62. The molecule has 5 aromatic heterocycles. The first kappa shape index (κ1) is 23.8. The van der Waals surface area contributed by atoms with Crippen LogP contribution in [0.25, 0.3) is 27.4 Å². The van der Waals surface area contributed by atoms with Crippen LogP contribution in [0.15, 0.2) is 22.9 Å². The molecule has 5 heterocycles. The Hall–Kier alpha value is -3.60. The zero-order chi connectivity index (χ0) is 26.1. The molecule has 0 bridgehead atoms. The van der Waals surface area contributed by atoms with Gasteiger partial charge in [-0.1, -0.05) is 27.2 Å². The molecule has 0 spiro atoms. The topological polar surface area (TPSA) is 117 Å². The number of nitro groups is 1. The van der Waals surface area contributed by atoms with Crippen LogP contribution < -0.4 is 0 Å². The fraction of sp³-hybridized carbons (Fsp3) is 0.462. The van der Waals surface area contributed by atoms with Crippen molar-refractivity contribution in [3.63, 3.8) is 0 Å². The van der Waals surface area contributed by atoms with E-state index in [1.807, 2.05) is 12.1 Å². The van der Waals surface area contributed by atoms with Crippen LogP contribution in [0.3, 0.4) is 0 Å². The molecule has 0 aliphatic heterocycles. The first-order valence-electron chi connectivity index (χ1n) is 12.6. The van der Waals surface area contributed by atoms with Gasteiger partial charge in [0.15, 0.2) is 11.4 Å². The average molecular weight is 520 g/mol. The molecule has 192 valence electrons. The quantitative estimate of drug-likeness (QED) is 0.202. The van der Waals surface area contributed by atoms with E-state index in [-0.39, 0.29) is 12.2 Å². The van der Waals surface area contributed by atoms with Crippen molar-refractivity contribution in [1.82, 2.24) is 29.4 Å². The molecule has 0 saturated carbocycles. The summed E-state index contributed by atoms with van der Waals surface area (Å²) in [5.41, 5.74) is 3.41. The maximum absolute atomic E-state index is 11.3. The van der Waals surface area contributed by atoms with Crippen molar-refractivity contribution in [2.24, 2.45) is 11.3 Å². The summed E-state index contributed by atoms with van der Waals surface area (Å²) in [6.45, 7) is 10.7. The highest BCUT2D eigenvalue weighted by Crippen LogP contribution is 2.45. The number of aryl methyl sites for hydroxylation is 2. The van der Waals surface area contributed by atoms with E-state index in [2.05, 4.69) is 31.0 Å². The molecule has 0 N–H and O–H groups in total. The molecule has 1 atom stereocenters. The Morgan fingerprint density at radius 1 is 1.27 bits per heavy atom. The van der Waals surface area contributed by atoms with E-state index < -0.39 is 4.92 Å². The van der Waals surface area contributed by atoms with Crippen molar-refractivity contribution in [3.8, 4) is 11.6 Å². The van der Waals surface area contributed by atoms with Gasteiger partial charge < -0.3 is 4.42 Å². The molecule has 1 aliphatic rings. The highest BCUT2D eigenvalue weighted by molar-refractivity contribution is 7.19. The van der Waals surface area contributed by atoms with Crippen LogP contribution in [-0.2, 0) is 19.4 Å². The Balaban J connectivity index is 1.33. The number of rotatable bonds is 6. The highest BCUT2D eigenvalue weighted by atomic mass is 32.1. The van der Waals surface area contributed by atoms with E-state index in [9.17, 15) is 10.1 Å². The summed E-state index contributed by atoms with van der Waals surface area (Å²) in [7, 11) is 0. The van der Waals surface area contributed by atoms with Gasteiger partial charge >= 0.3 is 5.69 Å². The molecule has 1 unspecified atom stereocenters. The van der Waals surface area contributed by atoms with Gasteiger partial charge in [-0.3, -0.25) is 14.8 Å². The maximum atomic E-state index is 11.3. The number of furan rings is 1. The third-order valence-electron chi connectivity index (χ3n) is 8.12. The first-order chi connectivity index (χ1) is 17.7. The highest BCUT2D eigenvalue weighted by Gasteiger charge is 2.33. The molecular formula is C26H29N7O3S. The lowest BCUT2D eigenvalue weighted by Gasteiger charge is -2.36. The molecule has 10 nitrogen and oxygen atoms in total. The van der Waals surface area contributed by atoms with Gasteiger partial charge in [-0.15, -0.1) is 16.4 Å². The van der Waals surface area contributed by atoms with Crippen molar-refractivity contribution in [2.45, 2.75) is 66.8 Å². The molecule has 5 aromatic rings. The van der Waals surface area contributed by atoms with Gasteiger partial charge in [0.1, 0.15) is 28.3 Å². The monoisotopic (exact) mass is 519 g/mol. The van der Waals surface area contributed by atoms with Crippen molar-refractivity contribution in [2.75, 3.05) is 0 Å². The second kappa shape index (κ2) is 8.47. The molecule has 0 fully saturated rings. The normalized spacial score (nSPS) is 16.1. The summed E-state index contributed by atoms with van der Waals surface area (Å²) in [5, 5.41) is 21.4. The van der Waals surface area contributed by atoms with Crippen LogP contribution in [0.5, 0.6) is 0 Å². The van der Waals surface area contributed by atoms with E-state index >= 15 is 0 Å². The zero-order valence-electron chi connectivity index (χ0n) is 21.6. The minimum absolute atomic E-state index is 0.0361. The molecule has 1 aliphatic carbocycles. The van der Waals surface area contributed by atoms with E-state index in [4.69, 9.17) is 14.4 Å². The number of fused-ring (bicyclic) bond motifs is 5. The third kappa shape index (κ3) is 3.83. The van der Waals surface area contributed by atoms with Crippen LogP contribution in [0, 0.1) is 35.3 Å². The van der Waals surface area contributed by atoms with Crippen LogP contribution in [0.4, 0.5) is 5.69 Å². The molecule has 0 amide bonds. The van der Waals surface area contributed by atoms with Gasteiger partial charge in [0.2, 0.25) is 5.82 Å². The summed E-state index contributed by atoms with van der Waals surface area (Å²) in [6.07, 6.45) is 6.20. The molecular weight excluding hydrogens is 490 g/mol. The Morgan fingerprint density at radius 3 is 2.81 bits per heavy atom. The van der Waals surface area contributed by atoms with Gasteiger partial charge in [-0.05, 0) is 62.1 Å². The Labute approximate surface area is 217 Å². The minimum Gasteiger partial charge on any atom is -0.456 e.